The number of aromatic nitrogens is 1. The van der Waals surface area contributed by atoms with Crippen LogP contribution in [0.3, 0.4) is 0 Å². The van der Waals surface area contributed by atoms with Crippen LogP contribution in [0.15, 0.2) is 24.5 Å². The Kier molecular flexibility index (Phi) is 6.04. The average Bonchev–Trinajstić information content (AvgIpc) is 3.08. The molecule has 0 bridgehead atoms. The number of nitrogens with one attached hydrogen (secondary N) is 1. The molecule has 1 aliphatic carbocycles. The van der Waals surface area contributed by atoms with Crippen LogP contribution in [0.4, 0.5) is 0 Å². The van der Waals surface area contributed by atoms with E-state index in [9.17, 15) is 4.79 Å². The third kappa shape index (κ3) is 3.81. The van der Waals surface area contributed by atoms with Crippen molar-refractivity contribution in [3.8, 4) is 0 Å². The number of carbonyl (C=O) groups is 1. The van der Waals surface area contributed by atoms with Gasteiger partial charge in [0.15, 0.2) is 0 Å². The van der Waals surface area contributed by atoms with Gasteiger partial charge in [0.2, 0.25) is 5.91 Å². The van der Waals surface area contributed by atoms with Gasteiger partial charge in [-0.1, -0.05) is 0 Å². The lowest BCUT2D eigenvalue weighted by Crippen LogP contribution is -2.54. The van der Waals surface area contributed by atoms with Crippen molar-refractivity contribution in [1.29, 1.82) is 0 Å². The summed E-state index contributed by atoms with van der Waals surface area (Å²) in [6.45, 7) is 1.70. The van der Waals surface area contributed by atoms with Crippen LogP contribution in [0.25, 0.3) is 0 Å². The van der Waals surface area contributed by atoms with Crippen LogP contribution in [0, 0.1) is 0 Å². The zero-order valence-corrected chi connectivity index (χ0v) is 12.3. The average molecular weight is 304 g/mol. The van der Waals surface area contributed by atoms with Crippen molar-refractivity contribution in [2.24, 2.45) is 0 Å². The summed E-state index contributed by atoms with van der Waals surface area (Å²) in [5, 5.41) is 3.19. The predicted octanol–water partition coefficient (Wildman–Crippen LogP) is 1.78. The van der Waals surface area contributed by atoms with Crippen LogP contribution >= 0.6 is 24.8 Å². The second kappa shape index (κ2) is 7.08. The van der Waals surface area contributed by atoms with Gasteiger partial charge in [0, 0.05) is 25.0 Å². The maximum atomic E-state index is 12.3. The summed E-state index contributed by atoms with van der Waals surface area (Å²) in [5.41, 5.74) is 1.17. The molecule has 2 fully saturated rings. The minimum atomic E-state index is 0. The molecule has 0 aromatic carbocycles. The second-order valence-electron chi connectivity index (χ2n) is 4.85. The highest BCUT2D eigenvalue weighted by atomic mass is 35.5. The molecular weight excluding hydrogens is 285 g/mol. The fraction of sp³-hybridized carbons (Fsp3) is 0.538. The molecule has 1 unspecified atom stereocenters. The highest BCUT2D eigenvalue weighted by Gasteiger charge is 2.37. The van der Waals surface area contributed by atoms with Gasteiger partial charge >= 0.3 is 0 Å². The van der Waals surface area contributed by atoms with Crippen LogP contribution in [-0.4, -0.2) is 34.4 Å². The van der Waals surface area contributed by atoms with Crippen molar-refractivity contribution in [2.45, 2.75) is 37.9 Å². The number of pyridine rings is 1. The van der Waals surface area contributed by atoms with Gasteiger partial charge in [-0.05, 0) is 43.5 Å². The first-order valence-electron chi connectivity index (χ1n) is 6.27. The van der Waals surface area contributed by atoms with Crippen molar-refractivity contribution in [2.75, 3.05) is 6.54 Å². The molecular formula is C13H19Cl2N3O. The van der Waals surface area contributed by atoms with E-state index in [0.29, 0.717) is 6.04 Å². The Morgan fingerprint density at radius 2 is 1.89 bits per heavy atom. The van der Waals surface area contributed by atoms with E-state index in [4.69, 9.17) is 0 Å². The molecule has 4 nitrogen and oxygen atoms in total. The Morgan fingerprint density at radius 3 is 2.37 bits per heavy atom. The number of hydrogen-bond acceptors (Lipinski definition) is 3. The van der Waals surface area contributed by atoms with Gasteiger partial charge in [-0.25, -0.2) is 0 Å². The monoisotopic (exact) mass is 303 g/mol. The van der Waals surface area contributed by atoms with E-state index in [0.717, 1.165) is 32.4 Å². The smallest absolute Gasteiger partial charge is 0.240 e. The quantitative estimate of drug-likeness (QED) is 0.922. The second-order valence-corrected chi connectivity index (χ2v) is 4.85. The highest BCUT2D eigenvalue weighted by molar-refractivity contribution is 5.85. The molecule has 0 spiro atoms. The number of nitrogens with zero attached hydrogens (tertiary/aromatic N) is 2. The topological polar surface area (TPSA) is 45.2 Å². The van der Waals surface area contributed by atoms with E-state index in [1.807, 2.05) is 17.0 Å². The first-order chi connectivity index (χ1) is 8.34. The number of carbonyl (C=O) groups excluding carboxylic acids is 1. The molecule has 1 aromatic heterocycles. The van der Waals surface area contributed by atoms with Gasteiger partial charge in [-0.15, -0.1) is 24.8 Å². The first kappa shape index (κ1) is 16.2. The molecule has 1 aromatic rings. The SMILES string of the molecule is Cl.Cl.O=C(C1CCN1)N(Cc1ccncc1)C1CC1. The minimum absolute atomic E-state index is 0. The van der Waals surface area contributed by atoms with E-state index < -0.39 is 0 Å². The summed E-state index contributed by atoms with van der Waals surface area (Å²) < 4.78 is 0. The lowest BCUT2D eigenvalue weighted by molar-refractivity contribution is -0.136. The normalized spacial score (nSPS) is 20.5. The molecule has 1 saturated heterocycles. The van der Waals surface area contributed by atoms with Crippen LogP contribution in [0.1, 0.15) is 24.8 Å². The molecule has 3 rings (SSSR count). The highest BCUT2D eigenvalue weighted by Crippen LogP contribution is 2.29. The Bertz CT molecular complexity index is 408. The Hall–Kier alpha value is -0.840. The number of amides is 1. The van der Waals surface area contributed by atoms with E-state index in [1.54, 1.807) is 12.4 Å². The number of halogens is 2. The third-order valence-corrected chi connectivity index (χ3v) is 3.49. The fourth-order valence-corrected chi connectivity index (χ4v) is 2.16. The minimum Gasteiger partial charge on any atom is -0.334 e. The third-order valence-electron chi connectivity index (χ3n) is 3.49. The summed E-state index contributed by atoms with van der Waals surface area (Å²) in [4.78, 5) is 18.3. The summed E-state index contributed by atoms with van der Waals surface area (Å²) in [6, 6.07) is 4.50. The van der Waals surface area contributed by atoms with Crippen LogP contribution in [0.5, 0.6) is 0 Å². The standard InChI is InChI=1S/C13H17N3O.2ClH/c17-13(12-5-8-15-12)16(11-1-2-11)9-10-3-6-14-7-4-10;;/h3-4,6-7,11-12,15H,1-2,5,8-9H2;2*1H. The zero-order valence-electron chi connectivity index (χ0n) is 10.6. The molecule has 2 aliphatic rings. The van der Waals surface area contributed by atoms with Gasteiger partial charge in [0.25, 0.3) is 0 Å². The van der Waals surface area contributed by atoms with Gasteiger partial charge < -0.3 is 10.2 Å². The molecule has 0 radical (unpaired) electrons. The molecule has 1 atom stereocenters. The van der Waals surface area contributed by atoms with Crippen molar-refractivity contribution in [1.82, 2.24) is 15.2 Å². The number of hydrogen-bond donors (Lipinski definition) is 1. The molecule has 1 saturated carbocycles. The predicted molar refractivity (Wildman–Crippen MR) is 78.7 cm³/mol. The molecule has 106 valence electrons. The molecule has 1 amide bonds. The summed E-state index contributed by atoms with van der Waals surface area (Å²) in [5.74, 6) is 0.274. The maximum absolute atomic E-state index is 12.3. The van der Waals surface area contributed by atoms with Gasteiger partial charge in [-0.3, -0.25) is 9.78 Å². The summed E-state index contributed by atoms with van der Waals surface area (Å²) >= 11 is 0. The van der Waals surface area contributed by atoms with Crippen molar-refractivity contribution >= 4 is 30.7 Å². The zero-order chi connectivity index (χ0) is 11.7. The molecule has 1 N–H and O–H groups in total. The lowest BCUT2D eigenvalue weighted by atomic mass is 10.1. The summed E-state index contributed by atoms with van der Waals surface area (Å²) in [6.07, 6.45) is 6.87. The fourth-order valence-electron chi connectivity index (χ4n) is 2.16. The Balaban J connectivity index is 0.000000902. The van der Waals surface area contributed by atoms with E-state index in [1.165, 1.54) is 5.56 Å². The lowest BCUT2D eigenvalue weighted by Gasteiger charge is -2.33. The van der Waals surface area contributed by atoms with Crippen molar-refractivity contribution in [3.05, 3.63) is 30.1 Å². The molecule has 19 heavy (non-hydrogen) atoms. The Morgan fingerprint density at radius 1 is 1.26 bits per heavy atom. The van der Waals surface area contributed by atoms with Gasteiger partial charge in [0.05, 0.1) is 6.04 Å². The van der Waals surface area contributed by atoms with Crippen molar-refractivity contribution in [3.63, 3.8) is 0 Å². The van der Waals surface area contributed by atoms with Gasteiger partial charge in [0.1, 0.15) is 0 Å². The largest absolute Gasteiger partial charge is 0.334 e. The first-order valence-corrected chi connectivity index (χ1v) is 6.27. The molecule has 6 heteroatoms. The van der Waals surface area contributed by atoms with Crippen LogP contribution in [-0.2, 0) is 11.3 Å². The van der Waals surface area contributed by atoms with Crippen LogP contribution in [0.2, 0.25) is 0 Å². The van der Waals surface area contributed by atoms with E-state index in [2.05, 4.69) is 10.3 Å². The van der Waals surface area contributed by atoms with Crippen molar-refractivity contribution < 1.29 is 4.79 Å². The molecule has 2 heterocycles. The van der Waals surface area contributed by atoms with Crippen LogP contribution < -0.4 is 5.32 Å². The summed E-state index contributed by atoms with van der Waals surface area (Å²) in [7, 11) is 0. The van der Waals surface area contributed by atoms with Gasteiger partial charge in [-0.2, -0.15) is 0 Å². The van der Waals surface area contributed by atoms with E-state index >= 15 is 0 Å². The number of rotatable bonds is 4. The van der Waals surface area contributed by atoms with E-state index in [-0.39, 0.29) is 36.8 Å². The Labute approximate surface area is 125 Å². The molecule has 1 aliphatic heterocycles. The maximum Gasteiger partial charge on any atom is 0.240 e.